The quantitative estimate of drug-likeness (QED) is 0.256. The van der Waals surface area contributed by atoms with Crippen LogP contribution in [-0.4, -0.2) is 58.4 Å². The Hall–Kier alpha value is -5.30. The minimum atomic E-state index is -2.88. The molecule has 220 valence electrons. The fourth-order valence-electron chi connectivity index (χ4n) is 4.92. The number of nitrogens with zero attached hydrogens (tertiary/aromatic N) is 10. The van der Waals surface area contributed by atoms with Crippen LogP contribution in [0.2, 0.25) is 0 Å². The van der Waals surface area contributed by atoms with Crippen LogP contribution >= 0.6 is 0 Å². The van der Waals surface area contributed by atoms with Crippen LogP contribution in [0.5, 0.6) is 5.75 Å². The summed E-state index contributed by atoms with van der Waals surface area (Å²) in [4.78, 5) is 18.8. The van der Waals surface area contributed by atoms with Crippen molar-refractivity contribution in [1.29, 1.82) is 5.26 Å². The molecule has 4 aromatic heterocycles. The number of para-hydroxylation sites is 1. The smallest absolute Gasteiger partial charge is 0.295 e. The SMILES string of the molecule is COc1c(Nc2cc(Nc3cnc(C)c(C#N)n3)nc3c2nc(C(F)F)n3C2CCCCO2)cccc1-c1nnn(C)n1. The topological polar surface area (TPSA) is 166 Å². The first kappa shape index (κ1) is 27.8. The fraction of sp³-hybridized carbons (Fsp3) is 0.333. The number of pyridine rings is 1. The van der Waals surface area contributed by atoms with E-state index < -0.39 is 18.5 Å². The molecule has 1 aliphatic heterocycles. The third-order valence-corrected chi connectivity index (χ3v) is 6.87. The van der Waals surface area contributed by atoms with Crippen LogP contribution in [0, 0.1) is 18.3 Å². The average molecular weight is 589 g/mol. The van der Waals surface area contributed by atoms with Gasteiger partial charge in [-0.05, 0) is 43.5 Å². The van der Waals surface area contributed by atoms with E-state index in [1.54, 1.807) is 38.2 Å². The van der Waals surface area contributed by atoms with Crippen molar-refractivity contribution in [2.24, 2.45) is 7.05 Å². The molecular formula is C27H26F2N12O2. The van der Waals surface area contributed by atoms with Crippen LogP contribution < -0.4 is 15.4 Å². The van der Waals surface area contributed by atoms with Crippen molar-refractivity contribution >= 4 is 34.2 Å². The van der Waals surface area contributed by atoms with Gasteiger partial charge in [0.2, 0.25) is 5.82 Å². The fourth-order valence-corrected chi connectivity index (χ4v) is 4.92. The molecule has 1 atom stereocenters. The normalized spacial score (nSPS) is 15.0. The molecule has 0 bridgehead atoms. The van der Waals surface area contributed by atoms with Crippen molar-refractivity contribution in [3.05, 3.63) is 47.7 Å². The second-order valence-corrected chi connectivity index (χ2v) is 9.73. The molecular weight excluding hydrogens is 562 g/mol. The number of aromatic nitrogens is 9. The second-order valence-electron chi connectivity index (χ2n) is 9.73. The van der Waals surface area contributed by atoms with Gasteiger partial charge in [-0.2, -0.15) is 10.1 Å². The van der Waals surface area contributed by atoms with Gasteiger partial charge in [0, 0.05) is 12.7 Å². The van der Waals surface area contributed by atoms with E-state index in [-0.39, 0.29) is 28.5 Å². The summed E-state index contributed by atoms with van der Waals surface area (Å²) in [7, 11) is 3.15. The van der Waals surface area contributed by atoms with Crippen molar-refractivity contribution in [2.75, 3.05) is 24.4 Å². The molecule has 0 aliphatic carbocycles. The summed E-state index contributed by atoms with van der Waals surface area (Å²) >= 11 is 0. The molecule has 2 N–H and O–H groups in total. The summed E-state index contributed by atoms with van der Waals surface area (Å²) in [6.45, 7) is 2.11. The van der Waals surface area contributed by atoms with Crippen molar-refractivity contribution < 1.29 is 18.3 Å². The molecule has 1 unspecified atom stereocenters. The molecule has 43 heavy (non-hydrogen) atoms. The predicted octanol–water partition coefficient (Wildman–Crippen LogP) is 4.72. The van der Waals surface area contributed by atoms with Gasteiger partial charge in [0.05, 0.1) is 43.0 Å². The Balaban J connectivity index is 1.51. The molecule has 6 rings (SSSR count). The maximum atomic E-state index is 14.4. The first-order chi connectivity index (χ1) is 20.9. The van der Waals surface area contributed by atoms with Crippen LogP contribution in [0.15, 0.2) is 30.5 Å². The van der Waals surface area contributed by atoms with Crippen molar-refractivity contribution in [3.63, 3.8) is 0 Å². The Labute approximate surface area is 243 Å². The van der Waals surface area contributed by atoms with E-state index in [0.717, 1.165) is 12.8 Å². The maximum Gasteiger partial charge on any atom is 0.295 e. The van der Waals surface area contributed by atoms with E-state index in [1.165, 1.54) is 22.7 Å². The first-order valence-corrected chi connectivity index (χ1v) is 13.4. The highest BCUT2D eigenvalue weighted by atomic mass is 19.3. The Morgan fingerprint density at radius 1 is 1.14 bits per heavy atom. The number of nitriles is 1. The first-order valence-electron chi connectivity index (χ1n) is 13.4. The van der Waals surface area contributed by atoms with Gasteiger partial charge in [-0.15, -0.1) is 10.2 Å². The number of anilines is 4. The Kier molecular flexibility index (Phi) is 7.47. The van der Waals surface area contributed by atoms with E-state index in [2.05, 4.69) is 46.0 Å². The maximum absolute atomic E-state index is 14.4. The number of hydrogen-bond acceptors (Lipinski definition) is 12. The lowest BCUT2D eigenvalue weighted by Gasteiger charge is -2.25. The molecule has 0 amide bonds. The molecule has 1 aromatic carbocycles. The third-order valence-electron chi connectivity index (χ3n) is 6.87. The lowest BCUT2D eigenvalue weighted by molar-refractivity contribution is -0.0363. The van der Waals surface area contributed by atoms with Crippen molar-refractivity contribution in [3.8, 4) is 23.2 Å². The molecule has 16 heteroatoms. The average Bonchev–Trinajstić information content (AvgIpc) is 3.62. The summed E-state index contributed by atoms with van der Waals surface area (Å²) in [6, 6.07) is 8.93. The van der Waals surface area contributed by atoms with Gasteiger partial charge in [-0.3, -0.25) is 9.55 Å². The number of rotatable bonds is 8. The number of aryl methyl sites for hydroxylation is 2. The molecule has 14 nitrogen and oxygen atoms in total. The molecule has 1 saturated heterocycles. The van der Waals surface area contributed by atoms with E-state index >= 15 is 0 Å². The number of halogens is 2. The third kappa shape index (κ3) is 5.37. The van der Waals surface area contributed by atoms with Crippen LogP contribution in [-0.2, 0) is 11.8 Å². The zero-order chi connectivity index (χ0) is 30.1. The van der Waals surface area contributed by atoms with E-state index in [9.17, 15) is 14.0 Å². The monoisotopic (exact) mass is 588 g/mol. The van der Waals surface area contributed by atoms with Crippen LogP contribution in [0.1, 0.15) is 49.1 Å². The van der Waals surface area contributed by atoms with Gasteiger partial charge in [0.15, 0.2) is 28.7 Å². The van der Waals surface area contributed by atoms with Crippen molar-refractivity contribution in [2.45, 2.75) is 38.8 Å². The molecule has 1 aliphatic rings. The van der Waals surface area contributed by atoms with Crippen molar-refractivity contribution in [1.82, 2.24) is 44.7 Å². The molecule has 0 spiro atoms. The number of methoxy groups -OCH3 is 1. The highest BCUT2D eigenvalue weighted by Gasteiger charge is 2.29. The number of ether oxygens (including phenoxy) is 2. The molecule has 0 radical (unpaired) electrons. The summed E-state index contributed by atoms with van der Waals surface area (Å²) in [5.74, 6) is 0.793. The number of hydrogen-bond donors (Lipinski definition) is 2. The lowest BCUT2D eigenvalue weighted by Crippen LogP contribution is -2.20. The van der Waals surface area contributed by atoms with Gasteiger partial charge >= 0.3 is 0 Å². The van der Waals surface area contributed by atoms with Crippen LogP contribution in [0.3, 0.4) is 0 Å². The Morgan fingerprint density at radius 3 is 2.70 bits per heavy atom. The van der Waals surface area contributed by atoms with Gasteiger partial charge < -0.3 is 20.1 Å². The van der Waals surface area contributed by atoms with Gasteiger partial charge in [0.25, 0.3) is 6.43 Å². The predicted molar refractivity (Wildman–Crippen MR) is 150 cm³/mol. The number of nitrogens with one attached hydrogen (secondary N) is 2. The zero-order valence-corrected chi connectivity index (χ0v) is 23.4. The standard InChI is InChI=1S/C27H26F2N12O2/c1-14-18(12-30)33-20(13-31-14)34-19-11-17(32-16-8-6-7-15(23(16)42-3)25-37-39-40(2)38-25)22-26(35-19)41(27(36-22)24(28)29)21-9-4-5-10-43-21/h6-8,11,13,21,24H,4-5,9-10H2,1-3H3,(H2,32,33,34,35). The highest BCUT2D eigenvalue weighted by molar-refractivity contribution is 5.92. The Morgan fingerprint density at radius 2 is 2.00 bits per heavy atom. The minimum Gasteiger partial charge on any atom is -0.494 e. The zero-order valence-electron chi connectivity index (χ0n) is 23.4. The Bertz CT molecular complexity index is 1840. The van der Waals surface area contributed by atoms with E-state index in [0.29, 0.717) is 47.2 Å². The van der Waals surface area contributed by atoms with Crippen LogP contribution in [0.4, 0.5) is 31.8 Å². The minimum absolute atomic E-state index is 0.143. The summed E-state index contributed by atoms with van der Waals surface area (Å²) in [5, 5.41) is 28.0. The second kappa shape index (κ2) is 11.5. The largest absolute Gasteiger partial charge is 0.494 e. The molecule has 1 fully saturated rings. The molecule has 5 heterocycles. The van der Waals surface area contributed by atoms with E-state index in [4.69, 9.17) is 9.47 Å². The van der Waals surface area contributed by atoms with Gasteiger partial charge in [0.1, 0.15) is 23.6 Å². The van der Waals surface area contributed by atoms with Gasteiger partial charge in [-0.1, -0.05) is 6.07 Å². The summed E-state index contributed by atoms with van der Waals surface area (Å²) < 4.78 is 41.8. The molecule has 5 aromatic rings. The highest BCUT2D eigenvalue weighted by Crippen LogP contribution is 2.40. The lowest BCUT2D eigenvalue weighted by atomic mass is 10.1. The number of imidazole rings is 1. The van der Waals surface area contributed by atoms with E-state index in [1.807, 2.05) is 6.07 Å². The van der Waals surface area contributed by atoms with Crippen LogP contribution in [0.25, 0.3) is 22.6 Å². The van der Waals surface area contributed by atoms with Gasteiger partial charge in [-0.25, -0.2) is 23.7 Å². The summed E-state index contributed by atoms with van der Waals surface area (Å²) in [6.07, 6.45) is 0.0932. The molecule has 0 saturated carbocycles. The number of benzene rings is 1. The summed E-state index contributed by atoms with van der Waals surface area (Å²) in [5.41, 5.74) is 2.41. The number of fused-ring (bicyclic) bond motifs is 1. The number of alkyl halides is 2. The number of tetrazole rings is 1.